The average Bonchev–Trinajstić information content (AvgIpc) is 3.03. The largest absolute Gasteiger partial charge is 0.494 e. The second kappa shape index (κ2) is 17.6. The standard InChI is InChI=1S/C36H46N4O6/c1-6-32(41)39-31(22-26-17-19-29(20-18-26)45-7-2)34(43)40-30(21-25-11-9-8-10-12-25)33(42)37-23-27-13-15-28(16-14-27)24-38-35(44)46-36(3,4)5/h8-20,30-31H,6-7,21-24H2,1-5H3,(H,37,42)(H,38,44)(H,39,41)(H,40,43). The third-order valence-corrected chi connectivity index (χ3v) is 6.89. The van der Waals surface area contributed by atoms with Crippen LogP contribution >= 0.6 is 0 Å². The highest BCUT2D eigenvalue weighted by Gasteiger charge is 2.27. The number of alkyl carbamates (subject to hydrolysis) is 1. The first kappa shape index (κ1) is 35.6. The summed E-state index contributed by atoms with van der Waals surface area (Å²) in [4.78, 5) is 51.4. The van der Waals surface area contributed by atoms with E-state index in [0.29, 0.717) is 13.2 Å². The first-order valence-corrected chi connectivity index (χ1v) is 15.6. The number of ether oxygens (including phenoxy) is 2. The van der Waals surface area contributed by atoms with Gasteiger partial charge in [-0.3, -0.25) is 14.4 Å². The maximum Gasteiger partial charge on any atom is 0.407 e. The maximum atomic E-state index is 13.6. The van der Waals surface area contributed by atoms with Crippen molar-refractivity contribution in [3.8, 4) is 5.75 Å². The van der Waals surface area contributed by atoms with Gasteiger partial charge >= 0.3 is 6.09 Å². The Morgan fingerprint density at radius 2 is 1.17 bits per heavy atom. The summed E-state index contributed by atoms with van der Waals surface area (Å²) in [5, 5.41) is 11.4. The summed E-state index contributed by atoms with van der Waals surface area (Å²) >= 11 is 0. The zero-order chi connectivity index (χ0) is 33.5. The normalized spacial score (nSPS) is 12.3. The lowest BCUT2D eigenvalue weighted by Crippen LogP contribution is -2.55. The molecule has 4 N–H and O–H groups in total. The van der Waals surface area contributed by atoms with Crippen molar-refractivity contribution in [2.24, 2.45) is 0 Å². The fourth-order valence-corrected chi connectivity index (χ4v) is 4.54. The summed E-state index contributed by atoms with van der Waals surface area (Å²) in [5.41, 5.74) is 2.87. The zero-order valence-corrected chi connectivity index (χ0v) is 27.4. The summed E-state index contributed by atoms with van der Waals surface area (Å²) in [6.45, 7) is 10.1. The number of hydrogen-bond acceptors (Lipinski definition) is 6. The van der Waals surface area contributed by atoms with Crippen LogP contribution in [0.1, 0.15) is 63.3 Å². The van der Waals surface area contributed by atoms with Gasteiger partial charge in [-0.05, 0) is 62.1 Å². The lowest BCUT2D eigenvalue weighted by molar-refractivity contribution is -0.132. The summed E-state index contributed by atoms with van der Waals surface area (Å²) in [7, 11) is 0. The molecule has 0 saturated carbocycles. The van der Waals surface area contributed by atoms with E-state index in [1.54, 1.807) is 27.7 Å². The van der Waals surface area contributed by atoms with Gasteiger partial charge in [0.1, 0.15) is 23.4 Å². The van der Waals surface area contributed by atoms with Gasteiger partial charge in [-0.1, -0.05) is 73.7 Å². The lowest BCUT2D eigenvalue weighted by Gasteiger charge is -2.23. The molecular weight excluding hydrogens is 584 g/mol. The van der Waals surface area contributed by atoms with E-state index in [-0.39, 0.29) is 37.6 Å². The van der Waals surface area contributed by atoms with Gasteiger partial charge in [0.15, 0.2) is 0 Å². The molecular formula is C36H46N4O6. The molecule has 0 aliphatic rings. The molecule has 46 heavy (non-hydrogen) atoms. The van der Waals surface area contributed by atoms with Crippen molar-refractivity contribution in [2.75, 3.05) is 6.61 Å². The molecule has 3 rings (SSSR count). The third-order valence-electron chi connectivity index (χ3n) is 6.89. The van der Waals surface area contributed by atoms with Gasteiger partial charge < -0.3 is 30.7 Å². The zero-order valence-electron chi connectivity index (χ0n) is 27.4. The lowest BCUT2D eigenvalue weighted by atomic mass is 10.0. The number of amides is 4. The van der Waals surface area contributed by atoms with Crippen LogP contribution < -0.4 is 26.0 Å². The van der Waals surface area contributed by atoms with Crippen molar-refractivity contribution in [1.29, 1.82) is 0 Å². The van der Waals surface area contributed by atoms with Crippen molar-refractivity contribution < 1.29 is 28.7 Å². The van der Waals surface area contributed by atoms with Gasteiger partial charge in [-0.25, -0.2) is 4.79 Å². The molecule has 0 bridgehead atoms. The molecule has 2 atom stereocenters. The Balaban J connectivity index is 1.67. The molecule has 246 valence electrons. The number of rotatable bonds is 15. The number of nitrogens with one attached hydrogen (secondary N) is 4. The third kappa shape index (κ3) is 12.6. The molecule has 3 aromatic carbocycles. The van der Waals surface area contributed by atoms with E-state index in [1.165, 1.54) is 0 Å². The Morgan fingerprint density at radius 1 is 0.652 bits per heavy atom. The molecule has 0 aromatic heterocycles. The number of hydrogen-bond donors (Lipinski definition) is 4. The van der Waals surface area contributed by atoms with Crippen LogP contribution in [0.4, 0.5) is 4.79 Å². The predicted molar refractivity (Wildman–Crippen MR) is 177 cm³/mol. The van der Waals surface area contributed by atoms with Crippen LogP contribution in [0, 0.1) is 0 Å². The summed E-state index contributed by atoms with van der Waals surface area (Å²) in [6.07, 6.45) is 0.243. The van der Waals surface area contributed by atoms with Crippen molar-refractivity contribution in [3.63, 3.8) is 0 Å². The molecule has 0 aliphatic heterocycles. The molecule has 0 fully saturated rings. The van der Waals surface area contributed by atoms with Crippen LogP contribution in [0.25, 0.3) is 0 Å². The number of carbonyl (C=O) groups is 4. The van der Waals surface area contributed by atoms with Crippen molar-refractivity contribution in [3.05, 3.63) is 101 Å². The second-order valence-corrected chi connectivity index (χ2v) is 11.9. The van der Waals surface area contributed by atoms with Crippen LogP contribution in [-0.2, 0) is 45.1 Å². The predicted octanol–water partition coefficient (Wildman–Crippen LogP) is 4.59. The summed E-state index contributed by atoms with van der Waals surface area (Å²) < 4.78 is 10.8. The van der Waals surface area contributed by atoms with Crippen LogP contribution in [0.2, 0.25) is 0 Å². The van der Waals surface area contributed by atoms with E-state index in [0.717, 1.165) is 28.0 Å². The van der Waals surface area contributed by atoms with E-state index in [1.807, 2.05) is 85.8 Å². The van der Waals surface area contributed by atoms with Crippen LogP contribution in [-0.4, -0.2) is 48.1 Å². The van der Waals surface area contributed by atoms with E-state index in [2.05, 4.69) is 21.3 Å². The Morgan fingerprint density at radius 3 is 1.72 bits per heavy atom. The highest BCUT2D eigenvalue weighted by molar-refractivity contribution is 5.92. The van der Waals surface area contributed by atoms with Crippen molar-refractivity contribution in [2.45, 2.75) is 84.7 Å². The number of carbonyl (C=O) groups excluding carboxylic acids is 4. The highest BCUT2D eigenvalue weighted by Crippen LogP contribution is 2.14. The topological polar surface area (TPSA) is 135 Å². The van der Waals surface area contributed by atoms with E-state index >= 15 is 0 Å². The fraction of sp³-hybridized carbons (Fsp3) is 0.389. The van der Waals surface area contributed by atoms with Gasteiger partial charge in [0.2, 0.25) is 17.7 Å². The van der Waals surface area contributed by atoms with Crippen LogP contribution in [0.3, 0.4) is 0 Å². The van der Waals surface area contributed by atoms with Crippen LogP contribution in [0.5, 0.6) is 5.75 Å². The molecule has 2 unspecified atom stereocenters. The minimum Gasteiger partial charge on any atom is -0.494 e. The molecule has 10 nitrogen and oxygen atoms in total. The molecule has 0 spiro atoms. The maximum absolute atomic E-state index is 13.6. The van der Waals surface area contributed by atoms with Gasteiger partial charge in [-0.2, -0.15) is 0 Å². The van der Waals surface area contributed by atoms with Crippen molar-refractivity contribution >= 4 is 23.8 Å². The van der Waals surface area contributed by atoms with Gasteiger partial charge in [0.05, 0.1) is 6.61 Å². The van der Waals surface area contributed by atoms with Crippen LogP contribution in [0.15, 0.2) is 78.9 Å². The summed E-state index contributed by atoms with van der Waals surface area (Å²) in [6, 6.07) is 22.5. The Labute approximate surface area is 271 Å². The van der Waals surface area contributed by atoms with Gasteiger partial charge in [0.25, 0.3) is 0 Å². The Bertz CT molecular complexity index is 1420. The van der Waals surface area contributed by atoms with E-state index in [9.17, 15) is 19.2 Å². The minimum absolute atomic E-state index is 0.219. The smallest absolute Gasteiger partial charge is 0.407 e. The molecule has 3 aromatic rings. The van der Waals surface area contributed by atoms with E-state index in [4.69, 9.17) is 9.47 Å². The Hall–Kier alpha value is -4.86. The first-order valence-electron chi connectivity index (χ1n) is 15.6. The number of benzene rings is 3. The second-order valence-electron chi connectivity index (χ2n) is 11.9. The quantitative estimate of drug-likeness (QED) is 0.194. The fourth-order valence-electron chi connectivity index (χ4n) is 4.54. The molecule has 10 heteroatoms. The SMILES string of the molecule is CCOc1ccc(CC(NC(=O)CC)C(=O)NC(Cc2ccccc2)C(=O)NCc2ccc(CNC(=O)OC(C)(C)C)cc2)cc1. The molecule has 4 amide bonds. The molecule has 0 radical (unpaired) electrons. The average molecular weight is 631 g/mol. The minimum atomic E-state index is -0.881. The van der Waals surface area contributed by atoms with E-state index < -0.39 is 29.7 Å². The molecule has 0 heterocycles. The monoisotopic (exact) mass is 630 g/mol. The summed E-state index contributed by atoms with van der Waals surface area (Å²) in [5.74, 6) is -0.348. The highest BCUT2D eigenvalue weighted by atomic mass is 16.6. The Kier molecular flexibility index (Phi) is 13.6. The van der Waals surface area contributed by atoms with Gasteiger partial charge in [-0.15, -0.1) is 0 Å². The molecule has 0 saturated heterocycles. The van der Waals surface area contributed by atoms with Gasteiger partial charge in [0, 0.05) is 32.4 Å². The van der Waals surface area contributed by atoms with Crippen molar-refractivity contribution in [1.82, 2.24) is 21.3 Å². The first-order chi connectivity index (χ1) is 22.0. The molecule has 0 aliphatic carbocycles.